The second kappa shape index (κ2) is 5.40. The Kier molecular flexibility index (Phi) is 3.77. The van der Waals surface area contributed by atoms with Gasteiger partial charge < -0.3 is 5.11 Å². The van der Waals surface area contributed by atoms with E-state index in [0.29, 0.717) is 30.0 Å². The first kappa shape index (κ1) is 16.8. The molecule has 0 bridgehead atoms. The molecule has 0 aromatic carbocycles. The number of ketones is 2. The maximum absolute atomic E-state index is 13.3. The van der Waals surface area contributed by atoms with Crippen molar-refractivity contribution in [3.63, 3.8) is 0 Å². The minimum atomic E-state index is -0.169. The van der Waals surface area contributed by atoms with Gasteiger partial charge in [0, 0.05) is 18.3 Å². The predicted molar refractivity (Wildman–Crippen MR) is 92.3 cm³/mol. The molecule has 0 spiro atoms. The summed E-state index contributed by atoms with van der Waals surface area (Å²) in [6.45, 7) is 6.28. The van der Waals surface area contributed by atoms with E-state index in [9.17, 15) is 14.7 Å². The van der Waals surface area contributed by atoms with E-state index >= 15 is 0 Å². The highest BCUT2D eigenvalue weighted by molar-refractivity contribution is 5.87. The van der Waals surface area contributed by atoms with Crippen molar-refractivity contribution in [2.75, 3.05) is 0 Å². The number of aliphatic hydroxyl groups excluding tert-OH is 1. The summed E-state index contributed by atoms with van der Waals surface area (Å²) in [5.74, 6) is 2.48. The fourth-order valence-electron chi connectivity index (χ4n) is 7.72. The highest BCUT2D eigenvalue weighted by atomic mass is 16.3. The first-order valence-electron chi connectivity index (χ1n) is 9.98. The number of hydrogen-bond donors (Lipinski definition) is 1. The molecule has 0 aliphatic heterocycles. The van der Waals surface area contributed by atoms with Crippen molar-refractivity contribution >= 4 is 11.6 Å². The van der Waals surface area contributed by atoms with Crippen molar-refractivity contribution in [1.82, 2.24) is 0 Å². The summed E-state index contributed by atoms with van der Waals surface area (Å²) in [6, 6.07) is 0. The van der Waals surface area contributed by atoms with Gasteiger partial charge in [-0.05, 0) is 80.5 Å². The Morgan fingerprint density at radius 1 is 1.08 bits per heavy atom. The van der Waals surface area contributed by atoms with E-state index in [1.165, 1.54) is 0 Å². The van der Waals surface area contributed by atoms with Gasteiger partial charge >= 0.3 is 0 Å². The zero-order valence-corrected chi connectivity index (χ0v) is 15.4. The first-order chi connectivity index (χ1) is 11.3. The molecule has 4 fully saturated rings. The van der Waals surface area contributed by atoms with E-state index in [4.69, 9.17) is 0 Å². The van der Waals surface area contributed by atoms with Crippen molar-refractivity contribution in [2.45, 2.75) is 78.2 Å². The normalized spacial score (nSPS) is 53.9. The van der Waals surface area contributed by atoms with Crippen LogP contribution in [-0.4, -0.2) is 22.8 Å². The van der Waals surface area contributed by atoms with E-state index in [-0.39, 0.29) is 34.6 Å². The molecule has 0 aromatic rings. The Bertz CT molecular complexity index is 569. The first-order valence-corrected chi connectivity index (χ1v) is 9.98. The molecule has 4 rings (SSSR count). The molecule has 4 aliphatic carbocycles. The lowest BCUT2D eigenvalue weighted by Gasteiger charge is -2.59. The molecule has 3 nitrogen and oxygen atoms in total. The molecular weight excluding hydrogens is 300 g/mol. The summed E-state index contributed by atoms with van der Waals surface area (Å²) in [7, 11) is 0. The van der Waals surface area contributed by atoms with E-state index in [1.54, 1.807) is 6.92 Å². The molecule has 4 aliphatic rings. The lowest BCUT2D eigenvalue weighted by Crippen LogP contribution is -2.58. The fraction of sp³-hybridized carbons (Fsp3) is 0.905. The molecule has 0 amide bonds. The number of aliphatic hydroxyl groups is 1. The van der Waals surface area contributed by atoms with Gasteiger partial charge in [-0.3, -0.25) is 9.59 Å². The summed E-state index contributed by atoms with van der Waals surface area (Å²) in [5.41, 5.74) is -0.0175. The second-order valence-electron chi connectivity index (χ2n) is 9.85. The Morgan fingerprint density at radius 3 is 2.54 bits per heavy atom. The van der Waals surface area contributed by atoms with Crippen LogP contribution < -0.4 is 0 Å². The van der Waals surface area contributed by atoms with Crippen LogP contribution in [0.3, 0.4) is 0 Å². The summed E-state index contributed by atoms with van der Waals surface area (Å²) in [5, 5.41) is 10.1. The fourth-order valence-corrected chi connectivity index (χ4v) is 7.72. The van der Waals surface area contributed by atoms with E-state index in [0.717, 1.165) is 44.9 Å². The van der Waals surface area contributed by atoms with E-state index < -0.39 is 0 Å². The summed E-state index contributed by atoms with van der Waals surface area (Å²) in [4.78, 5) is 25.5. The molecule has 1 N–H and O–H groups in total. The monoisotopic (exact) mass is 332 g/mol. The van der Waals surface area contributed by atoms with Gasteiger partial charge in [0.1, 0.15) is 11.6 Å². The smallest absolute Gasteiger partial charge is 0.137 e. The third kappa shape index (κ3) is 2.12. The number of Topliss-reactive ketones (excluding diaryl/α,β-unsaturated/α-hetero) is 2. The minimum absolute atomic E-state index is 0.0782. The molecule has 0 saturated heterocycles. The molecular formula is C21H32O3. The standard InChI is InChI=1S/C21H32O3/c1-12(22)16-6-7-17-15-5-4-13-10-14(23)8-9-20(13,2)19(15)18(24)11-21(16,17)3/h13-17,19,23H,4-11H2,1-3H3/t13-,14-,15-,16-,17+,19+,20-,21+/m0/s1. The van der Waals surface area contributed by atoms with E-state index in [2.05, 4.69) is 13.8 Å². The number of hydrogen-bond acceptors (Lipinski definition) is 3. The molecule has 0 heterocycles. The van der Waals surface area contributed by atoms with Crippen LogP contribution >= 0.6 is 0 Å². The van der Waals surface area contributed by atoms with Gasteiger partial charge in [0.15, 0.2) is 0 Å². The van der Waals surface area contributed by atoms with Crippen molar-refractivity contribution in [3.8, 4) is 0 Å². The molecule has 24 heavy (non-hydrogen) atoms. The zero-order chi connectivity index (χ0) is 17.3. The van der Waals surface area contributed by atoms with Crippen LogP contribution in [-0.2, 0) is 9.59 Å². The van der Waals surface area contributed by atoms with E-state index in [1.807, 2.05) is 0 Å². The largest absolute Gasteiger partial charge is 0.393 e. The average Bonchev–Trinajstić information content (AvgIpc) is 2.84. The van der Waals surface area contributed by atoms with Crippen LogP contribution in [0.25, 0.3) is 0 Å². The van der Waals surface area contributed by atoms with Gasteiger partial charge in [-0.2, -0.15) is 0 Å². The number of rotatable bonds is 1. The predicted octanol–water partition coefficient (Wildman–Crippen LogP) is 3.77. The molecule has 4 saturated carbocycles. The van der Waals surface area contributed by atoms with Crippen LogP contribution in [0.1, 0.15) is 72.1 Å². The molecule has 134 valence electrons. The maximum atomic E-state index is 13.3. The third-order valence-electron chi connectivity index (χ3n) is 8.81. The van der Waals surface area contributed by atoms with Crippen LogP contribution in [0.2, 0.25) is 0 Å². The Morgan fingerprint density at radius 2 is 1.83 bits per heavy atom. The topological polar surface area (TPSA) is 54.4 Å². The second-order valence-corrected chi connectivity index (χ2v) is 9.85. The SMILES string of the molecule is CC(=O)[C@@H]1CC[C@@H]2[C@@H]3CC[C@H]4C[C@@H](O)CC[C@]4(C)[C@H]3C(=O)C[C@@]21C. The zero-order valence-electron chi connectivity index (χ0n) is 15.4. The summed E-state index contributed by atoms with van der Waals surface area (Å²) in [6.07, 6.45) is 7.53. The van der Waals surface area contributed by atoms with Crippen LogP contribution in [0.4, 0.5) is 0 Å². The average molecular weight is 332 g/mol. The highest BCUT2D eigenvalue weighted by Crippen LogP contribution is 2.66. The van der Waals surface area contributed by atoms with Crippen molar-refractivity contribution in [3.05, 3.63) is 0 Å². The lowest BCUT2D eigenvalue weighted by atomic mass is 9.44. The molecule has 3 heteroatoms. The highest BCUT2D eigenvalue weighted by Gasteiger charge is 2.63. The van der Waals surface area contributed by atoms with Crippen LogP contribution in [0.5, 0.6) is 0 Å². The maximum Gasteiger partial charge on any atom is 0.137 e. The van der Waals surface area contributed by atoms with Crippen molar-refractivity contribution in [2.24, 2.45) is 40.4 Å². The number of carbonyl (C=O) groups is 2. The lowest BCUT2D eigenvalue weighted by molar-refractivity contribution is -0.162. The van der Waals surface area contributed by atoms with Crippen molar-refractivity contribution in [1.29, 1.82) is 0 Å². The molecule has 8 atom stereocenters. The Balaban J connectivity index is 1.68. The number of fused-ring (bicyclic) bond motifs is 5. The summed E-state index contributed by atoms with van der Waals surface area (Å²) >= 11 is 0. The minimum Gasteiger partial charge on any atom is -0.393 e. The Labute approximate surface area is 145 Å². The van der Waals surface area contributed by atoms with Crippen LogP contribution in [0, 0.1) is 40.4 Å². The van der Waals surface area contributed by atoms with Crippen molar-refractivity contribution < 1.29 is 14.7 Å². The quantitative estimate of drug-likeness (QED) is 0.795. The molecule has 0 unspecified atom stereocenters. The van der Waals surface area contributed by atoms with Gasteiger partial charge in [0.25, 0.3) is 0 Å². The van der Waals surface area contributed by atoms with Gasteiger partial charge in [-0.15, -0.1) is 0 Å². The molecule has 0 radical (unpaired) electrons. The van der Waals surface area contributed by atoms with Gasteiger partial charge in [0.2, 0.25) is 0 Å². The summed E-state index contributed by atoms with van der Waals surface area (Å²) < 4.78 is 0. The number of carbonyl (C=O) groups excluding carboxylic acids is 2. The van der Waals surface area contributed by atoms with Gasteiger partial charge in [0.05, 0.1) is 6.10 Å². The Hall–Kier alpha value is -0.700. The van der Waals surface area contributed by atoms with Gasteiger partial charge in [-0.25, -0.2) is 0 Å². The molecule has 0 aromatic heterocycles. The van der Waals surface area contributed by atoms with Gasteiger partial charge in [-0.1, -0.05) is 13.8 Å². The van der Waals surface area contributed by atoms with Crippen LogP contribution in [0.15, 0.2) is 0 Å². The third-order valence-corrected chi connectivity index (χ3v) is 8.81.